The van der Waals surface area contributed by atoms with Gasteiger partial charge in [-0.2, -0.15) is 0 Å². The summed E-state index contributed by atoms with van der Waals surface area (Å²) < 4.78 is 0. The molecule has 0 aliphatic heterocycles. The second-order valence-corrected chi connectivity index (χ2v) is 3.38. The smallest absolute Gasteiger partial charge is 0.0847 e. The summed E-state index contributed by atoms with van der Waals surface area (Å²) in [6.07, 6.45) is -0.544. The molecule has 1 aromatic carbocycles. The predicted octanol–water partition coefficient (Wildman–Crippen LogP) is 2.35. The van der Waals surface area contributed by atoms with Crippen molar-refractivity contribution in [2.24, 2.45) is 0 Å². The zero-order valence-corrected chi connectivity index (χ0v) is 8.52. The maximum Gasteiger partial charge on any atom is 0.0847 e. The molecule has 0 aliphatic rings. The van der Waals surface area contributed by atoms with Crippen LogP contribution < -0.4 is 5.32 Å². The summed E-state index contributed by atoms with van der Waals surface area (Å²) in [4.78, 5) is 0. The molecule has 0 fully saturated rings. The lowest BCUT2D eigenvalue weighted by Gasteiger charge is -2.10. The summed E-state index contributed by atoms with van der Waals surface area (Å²) in [6, 6.07) is 7.37. The Morgan fingerprint density at radius 1 is 1.38 bits per heavy atom. The van der Waals surface area contributed by atoms with Crippen LogP contribution in [-0.4, -0.2) is 23.6 Å². The van der Waals surface area contributed by atoms with E-state index in [1.807, 2.05) is 18.2 Å². The first-order chi connectivity index (χ1) is 6.24. The zero-order valence-electron chi connectivity index (χ0n) is 7.00. The van der Waals surface area contributed by atoms with Crippen LogP contribution in [0.2, 0.25) is 5.02 Å². The highest BCUT2D eigenvalue weighted by Crippen LogP contribution is 2.20. The van der Waals surface area contributed by atoms with Crippen molar-refractivity contribution in [2.45, 2.75) is 6.10 Å². The molecule has 0 radical (unpaired) electrons. The molecule has 0 saturated heterocycles. The van der Waals surface area contributed by atoms with E-state index in [2.05, 4.69) is 5.32 Å². The second kappa shape index (κ2) is 5.32. The van der Waals surface area contributed by atoms with Crippen LogP contribution in [0.3, 0.4) is 0 Å². The van der Waals surface area contributed by atoms with Crippen molar-refractivity contribution in [3.8, 4) is 0 Å². The van der Waals surface area contributed by atoms with Gasteiger partial charge in [0.1, 0.15) is 0 Å². The summed E-state index contributed by atoms with van der Waals surface area (Å²) in [5, 5.41) is 12.8. The Bertz CT molecular complexity index is 268. The van der Waals surface area contributed by atoms with E-state index in [9.17, 15) is 5.11 Å². The first-order valence-corrected chi connectivity index (χ1v) is 4.87. The fraction of sp³-hybridized carbons (Fsp3) is 0.333. The van der Waals surface area contributed by atoms with E-state index in [1.165, 1.54) is 0 Å². The molecule has 0 aliphatic carbocycles. The number of nitrogens with one attached hydrogen (secondary N) is 1. The number of benzene rings is 1. The Morgan fingerprint density at radius 2 is 2.08 bits per heavy atom. The van der Waals surface area contributed by atoms with Crippen LogP contribution in [0, 0.1) is 0 Å². The number of halogens is 2. The van der Waals surface area contributed by atoms with Gasteiger partial charge in [-0.1, -0.05) is 23.7 Å². The molecule has 0 unspecified atom stereocenters. The van der Waals surface area contributed by atoms with E-state index in [0.717, 1.165) is 5.69 Å². The van der Waals surface area contributed by atoms with Gasteiger partial charge in [0.15, 0.2) is 0 Å². The number of hydrogen-bond acceptors (Lipinski definition) is 2. The molecule has 0 amide bonds. The lowest BCUT2D eigenvalue weighted by molar-refractivity contribution is 0.211. The molecule has 0 saturated carbocycles. The topological polar surface area (TPSA) is 32.3 Å². The third kappa shape index (κ3) is 3.43. The molecule has 0 spiro atoms. The van der Waals surface area contributed by atoms with E-state index in [4.69, 9.17) is 23.2 Å². The van der Waals surface area contributed by atoms with Crippen molar-refractivity contribution in [3.63, 3.8) is 0 Å². The number of aliphatic hydroxyl groups is 1. The van der Waals surface area contributed by atoms with E-state index in [-0.39, 0.29) is 5.88 Å². The van der Waals surface area contributed by atoms with Crippen LogP contribution in [0.15, 0.2) is 24.3 Å². The molecule has 1 rings (SSSR count). The zero-order chi connectivity index (χ0) is 9.68. The summed E-state index contributed by atoms with van der Waals surface area (Å²) >= 11 is 11.3. The number of rotatable bonds is 4. The molecule has 0 aromatic heterocycles. The first-order valence-electron chi connectivity index (χ1n) is 3.96. The monoisotopic (exact) mass is 219 g/mol. The van der Waals surface area contributed by atoms with Gasteiger partial charge in [0, 0.05) is 6.54 Å². The van der Waals surface area contributed by atoms with Crippen LogP contribution in [0.4, 0.5) is 5.69 Å². The minimum atomic E-state index is -0.544. The normalized spacial score (nSPS) is 12.5. The maximum absolute atomic E-state index is 9.17. The Hall–Kier alpha value is -0.440. The maximum atomic E-state index is 9.17. The fourth-order valence-corrected chi connectivity index (χ4v) is 1.20. The molecule has 13 heavy (non-hydrogen) atoms. The summed E-state index contributed by atoms with van der Waals surface area (Å²) in [5.74, 6) is 0.220. The van der Waals surface area contributed by atoms with Gasteiger partial charge in [0.2, 0.25) is 0 Å². The fourth-order valence-electron chi connectivity index (χ4n) is 0.887. The Balaban J connectivity index is 2.50. The van der Waals surface area contributed by atoms with Crippen molar-refractivity contribution in [3.05, 3.63) is 29.3 Å². The number of anilines is 1. The van der Waals surface area contributed by atoms with Crippen molar-refractivity contribution >= 4 is 28.9 Å². The Kier molecular flexibility index (Phi) is 4.36. The summed E-state index contributed by atoms with van der Waals surface area (Å²) in [5.41, 5.74) is 0.813. The molecule has 1 aromatic rings. The van der Waals surface area contributed by atoms with E-state index in [1.54, 1.807) is 6.07 Å². The number of alkyl halides is 1. The van der Waals surface area contributed by atoms with Crippen molar-refractivity contribution in [1.29, 1.82) is 0 Å². The summed E-state index contributed by atoms with van der Waals surface area (Å²) in [6.45, 7) is 0.410. The van der Waals surface area contributed by atoms with Gasteiger partial charge in [-0.05, 0) is 12.1 Å². The van der Waals surface area contributed by atoms with Crippen LogP contribution in [0.5, 0.6) is 0 Å². The van der Waals surface area contributed by atoms with Gasteiger partial charge in [-0.25, -0.2) is 0 Å². The van der Waals surface area contributed by atoms with Gasteiger partial charge in [-0.15, -0.1) is 11.6 Å². The van der Waals surface area contributed by atoms with Crippen molar-refractivity contribution in [1.82, 2.24) is 0 Å². The van der Waals surface area contributed by atoms with Crippen LogP contribution >= 0.6 is 23.2 Å². The minimum Gasteiger partial charge on any atom is -0.390 e. The van der Waals surface area contributed by atoms with Gasteiger partial charge in [0.05, 0.1) is 22.7 Å². The second-order valence-electron chi connectivity index (χ2n) is 2.67. The minimum absolute atomic E-state index is 0.220. The molecular formula is C9H11Cl2NO. The average molecular weight is 220 g/mol. The standard InChI is InChI=1S/C9H11Cl2NO/c10-5-7(13)6-12-9-4-2-1-3-8(9)11/h1-4,7,12-13H,5-6H2/t7-/m1/s1. The van der Waals surface area contributed by atoms with Crippen molar-refractivity contribution < 1.29 is 5.11 Å². The molecule has 1 atom stereocenters. The molecule has 0 heterocycles. The molecule has 2 nitrogen and oxygen atoms in total. The van der Waals surface area contributed by atoms with E-state index in [0.29, 0.717) is 11.6 Å². The molecule has 0 bridgehead atoms. The third-order valence-electron chi connectivity index (χ3n) is 1.58. The van der Waals surface area contributed by atoms with Gasteiger partial charge in [0.25, 0.3) is 0 Å². The number of aliphatic hydroxyl groups excluding tert-OH is 1. The average Bonchev–Trinajstić information content (AvgIpc) is 2.16. The Morgan fingerprint density at radius 3 is 2.69 bits per heavy atom. The molecule has 4 heteroatoms. The van der Waals surface area contributed by atoms with Gasteiger partial charge in [-0.3, -0.25) is 0 Å². The SMILES string of the molecule is O[C@H](CCl)CNc1ccccc1Cl. The van der Waals surface area contributed by atoms with Crippen LogP contribution in [0.25, 0.3) is 0 Å². The van der Waals surface area contributed by atoms with Crippen molar-refractivity contribution in [2.75, 3.05) is 17.7 Å². The van der Waals surface area contributed by atoms with Crippen LogP contribution in [-0.2, 0) is 0 Å². The third-order valence-corrected chi connectivity index (χ3v) is 2.27. The summed E-state index contributed by atoms with van der Waals surface area (Å²) in [7, 11) is 0. The lowest BCUT2D eigenvalue weighted by atomic mass is 10.3. The molecular weight excluding hydrogens is 209 g/mol. The highest BCUT2D eigenvalue weighted by atomic mass is 35.5. The lowest BCUT2D eigenvalue weighted by Crippen LogP contribution is -2.20. The number of hydrogen-bond donors (Lipinski definition) is 2. The quantitative estimate of drug-likeness (QED) is 0.763. The number of para-hydroxylation sites is 1. The van der Waals surface area contributed by atoms with E-state index >= 15 is 0 Å². The van der Waals surface area contributed by atoms with Gasteiger partial charge < -0.3 is 10.4 Å². The van der Waals surface area contributed by atoms with Crippen LogP contribution in [0.1, 0.15) is 0 Å². The predicted molar refractivity (Wildman–Crippen MR) is 56.7 cm³/mol. The molecule has 72 valence electrons. The highest BCUT2D eigenvalue weighted by molar-refractivity contribution is 6.33. The molecule has 2 N–H and O–H groups in total. The largest absolute Gasteiger partial charge is 0.390 e. The Labute approximate surface area is 87.5 Å². The highest BCUT2D eigenvalue weighted by Gasteiger charge is 2.02. The first kappa shape index (κ1) is 10.6. The van der Waals surface area contributed by atoms with Gasteiger partial charge >= 0.3 is 0 Å². The van der Waals surface area contributed by atoms with E-state index < -0.39 is 6.10 Å².